The zero-order valence-electron chi connectivity index (χ0n) is 11.9. The zero-order valence-corrected chi connectivity index (χ0v) is 12.7. The molecule has 0 radical (unpaired) electrons. The molecule has 5 nitrogen and oxygen atoms in total. The van der Waals surface area contributed by atoms with Gasteiger partial charge in [0.1, 0.15) is 5.70 Å². The molecule has 1 aliphatic heterocycles. The number of aryl methyl sites for hydroxylation is 1. The Morgan fingerprint density at radius 1 is 1.45 bits per heavy atom. The third-order valence-electron chi connectivity index (χ3n) is 3.22. The number of allylic oxidation sites excluding steroid dienone is 1. The summed E-state index contributed by atoms with van der Waals surface area (Å²) in [6.07, 6.45) is 8.74. The van der Waals surface area contributed by atoms with Gasteiger partial charge in [-0.15, -0.1) is 0 Å². The second kappa shape index (κ2) is 6.65. The van der Waals surface area contributed by atoms with Crippen molar-refractivity contribution in [1.29, 1.82) is 0 Å². The van der Waals surface area contributed by atoms with Crippen LogP contribution >= 0.6 is 12.2 Å². The van der Waals surface area contributed by atoms with Crippen LogP contribution in [0.5, 0.6) is 0 Å². The number of thiocarbonyl (C=S) groups is 1. The Balaban J connectivity index is 2.03. The lowest BCUT2D eigenvalue weighted by molar-refractivity contribution is -0.122. The maximum atomic E-state index is 12.3. The quantitative estimate of drug-likeness (QED) is 0.496. The van der Waals surface area contributed by atoms with Crippen LogP contribution in [-0.2, 0) is 17.9 Å². The molecule has 1 aromatic heterocycles. The van der Waals surface area contributed by atoms with Crippen molar-refractivity contribution in [3.05, 3.63) is 29.7 Å². The first-order valence-electron chi connectivity index (χ1n) is 7.00. The van der Waals surface area contributed by atoms with Crippen molar-refractivity contribution in [1.82, 2.24) is 20.0 Å². The summed E-state index contributed by atoms with van der Waals surface area (Å²) in [4.78, 5) is 13.9. The number of hydrogen-bond acceptors (Lipinski definition) is 3. The molecule has 1 fully saturated rings. The van der Waals surface area contributed by atoms with Gasteiger partial charge in [0, 0.05) is 18.3 Å². The molecule has 6 heteroatoms. The van der Waals surface area contributed by atoms with Gasteiger partial charge in [0.05, 0.1) is 12.7 Å². The first-order chi connectivity index (χ1) is 9.65. The van der Waals surface area contributed by atoms with Crippen molar-refractivity contribution in [2.45, 2.75) is 46.2 Å². The minimum absolute atomic E-state index is 0.0460. The molecule has 2 rings (SSSR count). The topological polar surface area (TPSA) is 50.2 Å². The van der Waals surface area contributed by atoms with E-state index in [9.17, 15) is 4.79 Å². The Kier molecular flexibility index (Phi) is 4.89. The Morgan fingerprint density at radius 3 is 2.90 bits per heavy atom. The van der Waals surface area contributed by atoms with Gasteiger partial charge in [-0.05, 0) is 32.0 Å². The van der Waals surface area contributed by atoms with Crippen LogP contribution in [0.3, 0.4) is 0 Å². The predicted molar refractivity (Wildman–Crippen MR) is 81.8 cm³/mol. The van der Waals surface area contributed by atoms with E-state index < -0.39 is 0 Å². The highest BCUT2D eigenvalue weighted by Gasteiger charge is 2.30. The SMILES string of the molecule is CCCC/C=C1/NC(=S)N(Cc2cnn(CC)c2)C1=O. The Morgan fingerprint density at radius 2 is 2.25 bits per heavy atom. The van der Waals surface area contributed by atoms with Gasteiger partial charge >= 0.3 is 0 Å². The Hall–Kier alpha value is -1.69. The number of nitrogens with zero attached hydrogens (tertiary/aromatic N) is 3. The van der Waals surface area contributed by atoms with Crippen molar-refractivity contribution >= 4 is 23.2 Å². The van der Waals surface area contributed by atoms with Gasteiger partial charge < -0.3 is 5.32 Å². The summed E-state index contributed by atoms with van der Waals surface area (Å²) >= 11 is 5.23. The summed E-state index contributed by atoms with van der Waals surface area (Å²) in [6.45, 7) is 5.44. The Bertz CT molecular complexity index is 535. The van der Waals surface area contributed by atoms with E-state index in [1.54, 1.807) is 11.1 Å². The molecule has 2 heterocycles. The lowest BCUT2D eigenvalue weighted by Crippen LogP contribution is -2.29. The van der Waals surface area contributed by atoms with Crippen LogP contribution in [0.25, 0.3) is 0 Å². The van der Waals surface area contributed by atoms with Crippen LogP contribution in [0, 0.1) is 0 Å². The summed E-state index contributed by atoms with van der Waals surface area (Å²) in [5, 5.41) is 7.68. The van der Waals surface area contributed by atoms with E-state index in [1.165, 1.54) is 0 Å². The highest BCUT2D eigenvalue weighted by molar-refractivity contribution is 7.80. The third kappa shape index (κ3) is 3.25. The van der Waals surface area contributed by atoms with Crippen LogP contribution in [0.1, 0.15) is 38.7 Å². The van der Waals surface area contributed by atoms with Gasteiger partial charge in [0.2, 0.25) is 0 Å². The molecule has 108 valence electrons. The summed E-state index contributed by atoms with van der Waals surface area (Å²) in [5.41, 5.74) is 1.59. The van der Waals surface area contributed by atoms with E-state index in [1.807, 2.05) is 23.9 Å². The van der Waals surface area contributed by atoms with E-state index in [-0.39, 0.29) is 5.91 Å². The van der Waals surface area contributed by atoms with Crippen LogP contribution in [0.2, 0.25) is 0 Å². The summed E-state index contributed by atoms with van der Waals surface area (Å²) < 4.78 is 1.84. The fourth-order valence-corrected chi connectivity index (χ4v) is 2.31. The van der Waals surface area contributed by atoms with Crippen molar-refractivity contribution < 1.29 is 4.79 Å². The normalized spacial score (nSPS) is 17.1. The van der Waals surface area contributed by atoms with Gasteiger partial charge in [-0.1, -0.05) is 19.4 Å². The summed E-state index contributed by atoms with van der Waals surface area (Å²) in [5.74, 6) is -0.0460. The molecule has 20 heavy (non-hydrogen) atoms. The lowest BCUT2D eigenvalue weighted by atomic mass is 10.2. The number of unbranched alkanes of at least 4 members (excludes halogenated alkanes) is 2. The number of hydrogen-bond donors (Lipinski definition) is 1. The van der Waals surface area contributed by atoms with Crippen LogP contribution in [0.15, 0.2) is 24.2 Å². The zero-order chi connectivity index (χ0) is 14.5. The van der Waals surface area contributed by atoms with Gasteiger partial charge in [-0.3, -0.25) is 14.4 Å². The molecule has 0 unspecified atom stereocenters. The molecule has 0 spiro atoms. The second-order valence-electron chi connectivity index (χ2n) is 4.79. The average Bonchev–Trinajstić information content (AvgIpc) is 3.00. The fourth-order valence-electron chi connectivity index (χ4n) is 2.05. The first-order valence-corrected chi connectivity index (χ1v) is 7.40. The predicted octanol–water partition coefficient (Wildman–Crippen LogP) is 2.19. The summed E-state index contributed by atoms with van der Waals surface area (Å²) in [6, 6.07) is 0. The number of amides is 1. The van der Waals surface area contributed by atoms with Crippen molar-refractivity contribution in [2.24, 2.45) is 0 Å². The van der Waals surface area contributed by atoms with Gasteiger partial charge in [-0.2, -0.15) is 5.10 Å². The maximum Gasteiger partial charge on any atom is 0.276 e. The maximum absolute atomic E-state index is 12.3. The fraction of sp³-hybridized carbons (Fsp3) is 0.500. The first kappa shape index (κ1) is 14.7. The molecular weight excluding hydrogens is 272 g/mol. The van der Waals surface area contributed by atoms with Crippen molar-refractivity contribution in [3.63, 3.8) is 0 Å². The molecule has 0 bridgehead atoms. The van der Waals surface area contributed by atoms with Crippen LogP contribution < -0.4 is 5.32 Å². The summed E-state index contributed by atoms with van der Waals surface area (Å²) in [7, 11) is 0. The van der Waals surface area contributed by atoms with Gasteiger partial charge in [0.25, 0.3) is 5.91 Å². The average molecular weight is 292 g/mol. The van der Waals surface area contributed by atoms with E-state index in [4.69, 9.17) is 12.2 Å². The molecule has 0 aliphatic carbocycles. The minimum Gasteiger partial charge on any atom is -0.328 e. The number of aromatic nitrogens is 2. The molecule has 1 N–H and O–H groups in total. The van der Waals surface area contributed by atoms with Gasteiger partial charge in [-0.25, -0.2) is 0 Å². The molecular formula is C14H20N4OS. The van der Waals surface area contributed by atoms with E-state index in [0.29, 0.717) is 17.4 Å². The number of nitrogens with one attached hydrogen (secondary N) is 1. The van der Waals surface area contributed by atoms with Crippen LogP contribution in [-0.4, -0.2) is 25.7 Å². The molecule has 1 saturated heterocycles. The molecule has 0 aromatic carbocycles. The second-order valence-corrected chi connectivity index (χ2v) is 5.17. The molecule has 0 saturated carbocycles. The molecule has 1 amide bonds. The molecule has 1 aliphatic rings. The standard InChI is InChI=1S/C14H20N4OS/c1-3-5-6-7-12-13(19)18(14(20)16-12)10-11-8-15-17(4-2)9-11/h7-9H,3-6,10H2,1-2H3,(H,16,20)/b12-7+. The highest BCUT2D eigenvalue weighted by Crippen LogP contribution is 2.15. The molecule has 1 aromatic rings. The lowest BCUT2D eigenvalue weighted by Gasteiger charge is -2.12. The number of carbonyl (C=O) groups excluding carboxylic acids is 1. The largest absolute Gasteiger partial charge is 0.328 e. The smallest absolute Gasteiger partial charge is 0.276 e. The molecule has 0 atom stereocenters. The number of carbonyl (C=O) groups is 1. The van der Waals surface area contributed by atoms with Crippen LogP contribution in [0.4, 0.5) is 0 Å². The third-order valence-corrected chi connectivity index (χ3v) is 3.54. The van der Waals surface area contributed by atoms with E-state index in [0.717, 1.165) is 31.4 Å². The van der Waals surface area contributed by atoms with Gasteiger partial charge in [0.15, 0.2) is 5.11 Å². The van der Waals surface area contributed by atoms with Crippen molar-refractivity contribution in [2.75, 3.05) is 0 Å². The van der Waals surface area contributed by atoms with E-state index >= 15 is 0 Å². The number of rotatable bonds is 6. The van der Waals surface area contributed by atoms with Crippen molar-refractivity contribution in [3.8, 4) is 0 Å². The monoisotopic (exact) mass is 292 g/mol. The Labute approximate surface area is 124 Å². The minimum atomic E-state index is -0.0460. The highest BCUT2D eigenvalue weighted by atomic mass is 32.1. The van der Waals surface area contributed by atoms with E-state index in [2.05, 4.69) is 17.3 Å².